The van der Waals surface area contributed by atoms with Gasteiger partial charge in [0.1, 0.15) is 0 Å². The van der Waals surface area contributed by atoms with E-state index in [-0.39, 0.29) is 11.6 Å². The second-order valence-corrected chi connectivity index (χ2v) is 17.0. The van der Waals surface area contributed by atoms with E-state index in [0.717, 1.165) is 93.0 Å². The number of nitrogens with one attached hydrogen (secondary N) is 2. The third-order valence-electron chi connectivity index (χ3n) is 9.41. The zero-order valence-corrected chi connectivity index (χ0v) is 38.1. The molecule has 60 heavy (non-hydrogen) atoms. The van der Waals surface area contributed by atoms with Crippen LogP contribution in [-0.4, -0.2) is 23.7 Å². The molecule has 0 radical (unpaired) electrons. The van der Waals surface area contributed by atoms with Gasteiger partial charge < -0.3 is 22.1 Å². The van der Waals surface area contributed by atoms with Gasteiger partial charge in [0.05, 0.1) is 0 Å². The summed E-state index contributed by atoms with van der Waals surface area (Å²) >= 11 is 0. The highest BCUT2D eigenvalue weighted by Gasteiger charge is 2.26. The molecule has 6 heteroatoms. The van der Waals surface area contributed by atoms with Gasteiger partial charge in [0.2, 0.25) is 0 Å². The second-order valence-electron chi connectivity index (χ2n) is 17.0. The van der Waals surface area contributed by atoms with Crippen molar-refractivity contribution in [1.29, 1.82) is 0 Å². The molecule has 2 aliphatic rings. The first-order valence-electron chi connectivity index (χ1n) is 22.0. The number of Topliss-reactive ketones (excluding diaryl/α,β-unsaturated/α-hetero) is 2. The first kappa shape index (κ1) is 48.7. The van der Waals surface area contributed by atoms with E-state index in [1.807, 2.05) is 60.7 Å². The van der Waals surface area contributed by atoms with Gasteiger partial charge in [0, 0.05) is 57.1 Å². The van der Waals surface area contributed by atoms with Crippen molar-refractivity contribution in [1.82, 2.24) is 0 Å². The van der Waals surface area contributed by atoms with Crippen LogP contribution in [0.3, 0.4) is 0 Å². The molecule has 0 saturated heterocycles. The molecule has 0 aromatic heterocycles. The van der Waals surface area contributed by atoms with Crippen LogP contribution in [0.25, 0.3) is 24.3 Å². The second kappa shape index (κ2) is 25.1. The molecule has 0 atom stereocenters. The molecule has 2 fully saturated rings. The van der Waals surface area contributed by atoms with Crippen LogP contribution in [0.5, 0.6) is 0 Å². The molecule has 0 unspecified atom stereocenters. The Labute approximate surface area is 362 Å². The topological polar surface area (TPSA) is 110 Å². The minimum atomic E-state index is 0.141. The summed E-state index contributed by atoms with van der Waals surface area (Å²) in [7, 11) is 0. The van der Waals surface area contributed by atoms with E-state index in [4.69, 9.17) is 11.5 Å². The Morgan fingerprint density at radius 2 is 0.683 bits per heavy atom. The van der Waals surface area contributed by atoms with Crippen LogP contribution < -0.4 is 22.1 Å². The Morgan fingerprint density at radius 3 is 0.900 bits per heavy atom. The van der Waals surface area contributed by atoms with Crippen molar-refractivity contribution in [2.24, 2.45) is 11.8 Å². The SMILES string of the molecule is CC1C/C(=C\c2ccc(N)cc2)C(=O)/C(=C/c2ccc(N)cc2)C1.CC1C/C(=C\c2ccc(NC(C)C)cc2)C(=O)/C(=C/c2ccc(NC(C)C)cc2)C1.CCC.CCC. The monoisotopic (exact) mass is 809 g/mol. The van der Waals surface area contributed by atoms with E-state index in [2.05, 4.69) is 141 Å². The number of carbonyl (C=O) groups excluding carboxylic acids is 2. The van der Waals surface area contributed by atoms with E-state index >= 15 is 0 Å². The highest BCUT2D eigenvalue weighted by atomic mass is 16.1. The van der Waals surface area contributed by atoms with Crippen molar-refractivity contribution in [3.05, 3.63) is 142 Å². The van der Waals surface area contributed by atoms with Crippen molar-refractivity contribution in [3.8, 4) is 0 Å². The summed E-state index contributed by atoms with van der Waals surface area (Å²) in [5, 5.41) is 6.80. The molecule has 0 bridgehead atoms. The largest absolute Gasteiger partial charge is 0.399 e. The lowest BCUT2D eigenvalue weighted by atomic mass is 9.81. The summed E-state index contributed by atoms with van der Waals surface area (Å²) in [5.41, 5.74) is 22.8. The Kier molecular flexibility index (Phi) is 20.4. The van der Waals surface area contributed by atoms with Crippen molar-refractivity contribution < 1.29 is 9.59 Å². The average molecular weight is 809 g/mol. The van der Waals surface area contributed by atoms with Gasteiger partial charge in [-0.3, -0.25) is 9.59 Å². The summed E-state index contributed by atoms with van der Waals surface area (Å²) in [6, 6.07) is 32.6. The first-order chi connectivity index (χ1) is 28.6. The van der Waals surface area contributed by atoms with Crippen LogP contribution in [0, 0.1) is 11.8 Å². The quantitative estimate of drug-likeness (QED) is 0.104. The molecule has 0 spiro atoms. The molecule has 0 heterocycles. The third kappa shape index (κ3) is 16.9. The zero-order chi connectivity index (χ0) is 44.2. The lowest BCUT2D eigenvalue weighted by Gasteiger charge is -2.23. The predicted octanol–water partition coefficient (Wildman–Crippen LogP) is 13.9. The highest BCUT2D eigenvalue weighted by Crippen LogP contribution is 2.34. The van der Waals surface area contributed by atoms with Gasteiger partial charge in [-0.15, -0.1) is 0 Å². The summed E-state index contributed by atoms with van der Waals surface area (Å²) < 4.78 is 0. The number of ketones is 2. The van der Waals surface area contributed by atoms with Crippen LogP contribution >= 0.6 is 0 Å². The molecule has 0 aliphatic heterocycles. The van der Waals surface area contributed by atoms with Crippen molar-refractivity contribution in [3.63, 3.8) is 0 Å². The number of benzene rings is 4. The Hall–Kier alpha value is -5.62. The molecular formula is C54H72N4O2. The fourth-order valence-corrected chi connectivity index (χ4v) is 6.93. The van der Waals surface area contributed by atoms with Crippen molar-refractivity contribution in [2.45, 2.75) is 120 Å². The molecule has 2 saturated carbocycles. The van der Waals surface area contributed by atoms with Crippen LogP contribution in [0.4, 0.5) is 22.7 Å². The summed E-state index contributed by atoms with van der Waals surface area (Å²) in [4.78, 5) is 26.0. The van der Waals surface area contributed by atoms with Crippen LogP contribution in [0.1, 0.15) is 130 Å². The molecule has 4 aromatic rings. The van der Waals surface area contributed by atoms with Gasteiger partial charge in [-0.1, -0.05) is 103 Å². The van der Waals surface area contributed by atoms with Crippen LogP contribution in [0.2, 0.25) is 0 Å². The number of carbonyl (C=O) groups is 2. The molecule has 6 N–H and O–H groups in total. The smallest absolute Gasteiger partial charge is 0.185 e. The standard InChI is InChI=1S/C27H34N2O.C21H22N2O.2C3H8/c1-18(2)28-25-10-6-21(7-11-25)16-23-14-20(5)15-24(27(23)30)17-22-8-12-26(13-9-22)29-19(3)4;1-14-10-17(12-15-2-6-19(22)7-3-15)21(24)18(11-14)13-16-4-8-20(23)9-5-16;2*1-3-2/h6-13,16-20,28-29H,14-15H2,1-5H3;2-9,12-14H,10-11,22-23H2,1H3;2*3H2,1-2H3/b23-16+,24-17+;17-12+,18-13+;;. The highest BCUT2D eigenvalue weighted by molar-refractivity contribution is 6.14. The molecule has 2 aliphatic carbocycles. The molecular weight excluding hydrogens is 737 g/mol. The maximum Gasteiger partial charge on any atom is 0.185 e. The first-order valence-corrected chi connectivity index (χ1v) is 22.0. The minimum absolute atomic E-state index is 0.141. The van der Waals surface area contributed by atoms with Gasteiger partial charge in [-0.2, -0.15) is 0 Å². The van der Waals surface area contributed by atoms with E-state index < -0.39 is 0 Å². The van der Waals surface area contributed by atoms with E-state index in [9.17, 15) is 9.59 Å². The fourth-order valence-electron chi connectivity index (χ4n) is 6.93. The van der Waals surface area contributed by atoms with Crippen molar-refractivity contribution >= 4 is 58.6 Å². The maximum absolute atomic E-state index is 13.1. The normalized spacial score (nSPS) is 19.0. The van der Waals surface area contributed by atoms with Crippen LogP contribution in [-0.2, 0) is 9.59 Å². The van der Waals surface area contributed by atoms with Crippen molar-refractivity contribution in [2.75, 3.05) is 22.1 Å². The number of anilines is 4. The van der Waals surface area contributed by atoms with E-state index in [1.165, 1.54) is 12.8 Å². The number of allylic oxidation sites excluding steroid dienone is 4. The van der Waals surface area contributed by atoms with E-state index in [1.54, 1.807) is 0 Å². The predicted molar refractivity (Wildman–Crippen MR) is 263 cm³/mol. The van der Waals surface area contributed by atoms with Gasteiger partial charge in [-0.05, 0) is 160 Å². The minimum Gasteiger partial charge on any atom is -0.399 e. The average Bonchev–Trinajstić information content (AvgIpc) is 3.19. The third-order valence-corrected chi connectivity index (χ3v) is 9.41. The molecule has 6 nitrogen and oxygen atoms in total. The molecule has 0 amide bonds. The molecule has 4 aromatic carbocycles. The van der Waals surface area contributed by atoms with Crippen LogP contribution in [0.15, 0.2) is 119 Å². The number of rotatable bonds is 8. The number of hydrogen-bond acceptors (Lipinski definition) is 6. The Balaban J connectivity index is 0.000000288. The fraction of sp³-hybridized carbons (Fsp3) is 0.370. The lowest BCUT2D eigenvalue weighted by Crippen LogP contribution is -2.18. The number of hydrogen-bond donors (Lipinski definition) is 4. The Morgan fingerprint density at radius 1 is 0.467 bits per heavy atom. The molecule has 6 rings (SSSR count). The summed E-state index contributed by atoms with van der Waals surface area (Å²) in [6.07, 6.45) is 13.9. The van der Waals surface area contributed by atoms with Gasteiger partial charge >= 0.3 is 0 Å². The maximum atomic E-state index is 13.1. The van der Waals surface area contributed by atoms with Gasteiger partial charge in [0.15, 0.2) is 11.6 Å². The number of nitrogen functional groups attached to an aromatic ring is 2. The van der Waals surface area contributed by atoms with E-state index in [0.29, 0.717) is 23.9 Å². The lowest BCUT2D eigenvalue weighted by molar-refractivity contribution is -0.113. The van der Waals surface area contributed by atoms with Gasteiger partial charge in [0.25, 0.3) is 0 Å². The summed E-state index contributed by atoms with van der Waals surface area (Å²) in [5.74, 6) is 1.23. The number of nitrogens with two attached hydrogens (primary N) is 2. The summed E-state index contributed by atoms with van der Waals surface area (Å²) in [6.45, 7) is 21.4. The zero-order valence-electron chi connectivity index (χ0n) is 38.1. The molecule has 320 valence electrons. The Bertz CT molecular complexity index is 1910. The van der Waals surface area contributed by atoms with Gasteiger partial charge in [-0.25, -0.2) is 0 Å².